The van der Waals surface area contributed by atoms with Crippen LogP contribution in [0.25, 0.3) is 10.1 Å². The Morgan fingerprint density at radius 3 is 2.49 bits per heavy atom. The molecule has 43 heavy (non-hydrogen) atoms. The topological polar surface area (TPSA) is 156 Å². The van der Waals surface area contributed by atoms with Gasteiger partial charge in [-0.15, -0.1) is 11.3 Å². The van der Waals surface area contributed by atoms with Crippen LogP contribution in [-0.2, 0) is 24.6 Å². The second-order valence-corrected chi connectivity index (χ2v) is 14.9. The van der Waals surface area contributed by atoms with Gasteiger partial charge in [-0.1, -0.05) is 6.07 Å². The van der Waals surface area contributed by atoms with E-state index in [1.807, 2.05) is 0 Å². The Kier molecular flexibility index (Phi) is 7.63. The number of amides is 4. The van der Waals surface area contributed by atoms with Crippen LogP contribution in [-0.4, -0.2) is 80.5 Å². The molecule has 0 spiro atoms. The van der Waals surface area contributed by atoms with Gasteiger partial charge in [0.2, 0.25) is 17.7 Å². The van der Waals surface area contributed by atoms with Gasteiger partial charge >= 0.3 is 13.3 Å². The lowest BCUT2D eigenvalue weighted by atomic mass is 9.99. The number of carbonyl (C=O) groups excluding carboxylic acids is 4. The number of carbonyl (C=O) groups is 4. The Labute approximate surface area is 250 Å². The van der Waals surface area contributed by atoms with Crippen molar-refractivity contribution in [1.82, 2.24) is 20.4 Å². The Bertz CT molecular complexity index is 1550. The summed E-state index contributed by atoms with van der Waals surface area (Å²) in [6, 6.07) is 2.71. The van der Waals surface area contributed by atoms with Crippen LogP contribution < -0.4 is 10.6 Å². The second kappa shape index (κ2) is 10.9. The molecular weight excluding hydrogens is 605 g/mol. The molecular formula is C28H33F2N4O7PS. The van der Waals surface area contributed by atoms with Crippen LogP contribution in [0.15, 0.2) is 24.3 Å². The fourth-order valence-electron chi connectivity index (χ4n) is 6.85. The molecule has 4 amide bonds. The van der Waals surface area contributed by atoms with E-state index in [-0.39, 0.29) is 40.1 Å². The SMILES string of the molecule is CC(=O)N1CC[C@@H](NC(=O)[C@@H]2CC[C@@H]3C[C@H]4C[C@H]4C[C@H](NC(=O)c4cc5cc(C(F)(F)P(=O)(O)O)ccc5s4)C(=O)N32)C1. The molecule has 6 rings (SSSR count). The molecule has 0 unspecified atom stereocenters. The predicted octanol–water partition coefficient (Wildman–Crippen LogP) is 2.75. The molecule has 0 bridgehead atoms. The average Bonchev–Trinajstić information content (AvgIpc) is 3.32. The number of alkyl halides is 2. The Balaban J connectivity index is 1.18. The van der Waals surface area contributed by atoms with E-state index >= 15 is 0 Å². The van der Waals surface area contributed by atoms with E-state index in [0.717, 1.165) is 36.3 Å². The number of likely N-dealkylation sites (tertiary alicyclic amines) is 1. The minimum atomic E-state index is -5.75. The van der Waals surface area contributed by atoms with Gasteiger partial charge in [0.05, 0.1) is 4.88 Å². The van der Waals surface area contributed by atoms with Gasteiger partial charge in [0, 0.05) is 42.4 Å². The van der Waals surface area contributed by atoms with Crippen molar-refractivity contribution in [3.05, 3.63) is 34.7 Å². The predicted molar refractivity (Wildman–Crippen MR) is 152 cm³/mol. The zero-order chi connectivity index (χ0) is 30.8. The zero-order valence-electron chi connectivity index (χ0n) is 23.4. The monoisotopic (exact) mass is 638 g/mol. The maximum Gasteiger partial charge on any atom is 0.399 e. The van der Waals surface area contributed by atoms with Gasteiger partial charge < -0.3 is 30.2 Å². The van der Waals surface area contributed by atoms with Crippen LogP contribution in [0.5, 0.6) is 0 Å². The van der Waals surface area contributed by atoms with Crippen molar-refractivity contribution >= 4 is 52.6 Å². The van der Waals surface area contributed by atoms with E-state index in [1.54, 1.807) is 9.80 Å². The Hall–Kier alpha value is -2.93. The summed E-state index contributed by atoms with van der Waals surface area (Å²) in [4.78, 5) is 74.1. The highest BCUT2D eigenvalue weighted by molar-refractivity contribution is 7.52. The van der Waals surface area contributed by atoms with Gasteiger partial charge in [-0.05, 0) is 73.9 Å². The highest BCUT2D eigenvalue weighted by Crippen LogP contribution is 2.59. The summed E-state index contributed by atoms with van der Waals surface area (Å²) in [7, 11) is -5.75. The third-order valence-corrected chi connectivity index (χ3v) is 11.4. The van der Waals surface area contributed by atoms with E-state index in [1.165, 1.54) is 19.1 Å². The molecule has 1 aromatic carbocycles. The minimum Gasteiger partial charge on any atom is -0.350 e. The first-order valence-electron chi connectivity index (χ1n) is 14.4. The lowest BCUT2D eigenvalue weighted by molar-refractivity contribution is -0.143. The molecule has 1 aliphatic carbocycles. The van der Waals surface area contributed by atoms with Crippen molar-refractivity contribution in [3.8, 4) is 0 Å². The van der Waals surface area contributed by atoms with E-state index in [9.17, 15) is 32.5 Å². The summed E-state index contributed by atoms with van der Waals surface area (Å²) in [6.45, 7) is 2.49. The van der Waals surface area contributed by atoms with Gasteiger partial charge in [-0.25, -0.2) is 0 Å². The number of benzene rings is 1. The number of hydrogen-bond donors (Lipinski definition) is 4. The molecule has 3 aliphatic heterocycles. The van der Waals surface area contributed by atoms with Crippen LogP contribution in [0.2, 0.25) is 0 Å². The molecule has 15 heteroatoms. The normalized spacial score (nSPS) is 29.1. The molecule has 1 aromatic heterocycles. The molecule has 1 saturated carbocycles. The lowest BCUT2D eigenvalue weighted by Gasteiger charge is -2.35. The standard InChI is InChI=1S/C28H33F2N4O7PS/c1-14(35)33-7-6-19(13-33)31-25(36)22-4-3-20-10-15-8-16(15)11-21(27(38)34(20)22)32-26(37)24-12-17-9-18(2-5-23(17)43-24)28(29,30)42(39,40)41/h2,5,9,12,15-16,19-22H,3-4,6-8,10-11,13H2,1H3,(H,31,36)(H,32,37)(H2,39,40,41)/t15-,16+,19-,20-,21+,22+/m1/s1. The van der Waals surface area contributed by atoms with Crippen LogP contribution in [0.1, 0.15) is 60.7 Å². The number of nitrogens with zero attached hydrogens (tertiary/aromatic N) is 2. The number of thiophene rings is 1. The lowest BCUT2D eigenvalue weighted by Crippen LogP contribution is -2.57. The number of fused-ring (bicyclic) bond motifs is 3. The van der Waals surface area contributed by atoms with Crippen LogP contribution in [0.3, 0.4) is 0 Å². The average molecular weight is 639 g/mol. The molecule has 2 aromatic rings. The van der Waals surface area contributed by atoms with Gasteiger partial charge in [0.15, 0.2) is 0 Å². The number of hydrogen-bond acceptors (Lipinski definition) is 6. The molecule has 232 valence electrons. The largest absolute Gasteiger partial charge is 0.399 e. The van der Waals surface area contributed by atoms with Crippen molar-refractivity contribution in [3.63, 3.8) is 0 Å². The molecule has 4 fully saturated rings. The van der Waals surface area contributed by atoms with Crippen molar-refractivity contribution < 1.29 is 42.3 Å². The van der Waals surface area contributed by atoms with Crippen molar-refractivity contribution in [2.45, 2.75) is 75.3 Å². The highest BCUT2D eigenvalue weighted by atomic mass is 32.1. The second-order valence-electron chi connectivity index (χ2n) is 12.2. The first kappa shape index (κ1) is 30.1. The molecule has 0 radical (unpaired) electrons. The zero-order valence-corrected chi connectivity index (χ0v) is 25.1. The summed E-state index contributed by atoms with van der Waals surface area (Å²) >= 11 is 1.02. The third kappa shape index (κ3) is 5.70. The summed E-state index contributed by atoms with van der Waals surface area (Å²) in [5, 5.41) is 6.08. The maximum absolute atomic E-state index is 14.3. The van der Waals surface area contributed by atoms with Crippen LogP contribution in [0.4, 0.5) is 8.78 Å². The smallest absolute Gasteiger partial charge is 0.350 e. The number of halogens is 2. The number of nitrogens with one attached hydrogen (secondary N) is 2. The van der Waals surface area contributed by atoms with Crippen molar-refractivity contribution in [1.29, 1.82) is 0 Å². The maximum atomic E-state index is 14.3. The van der Waals surface area contributed by atoms with E-state index in [2.05, 4.69) is 10.6 Å². The van der Waals surface area contributed by atoms with Gasteiger partial charge in [0.1, 0.15) is 12.1 Å². The Morgan fingerprint density at radius 1 is 1.05 bits per heavy atom. The summed E-state index contributed by atoms with van der Waals surface area (Å²) in [5.41, 5.74) is -5.24. The van der Waals surface area contributed by atoms with Gasteiger partial charge in [-0.2, -0.15) is 8.78 Å². The van der Waals surface area contributed by atoms with Crippen molar-refractivity contribution in [2.75, 3.05) is 13.1 Å². The van der Waals surface area contributed by atoms with Gasteiger partial charge in [-0.3, -0.25) is 23.7 Å². The quantitative estimate of drug-likeness (QED) is 0.355. The van der Waals surface area contributed by atoms with Gasteiger partial charge in [0.25, 0.3) is 5.91 Å². The van der Waals surface area contributed by atoms with E-state index < -0.39 is 36.8 Å². The molecule has 4 aliphatic rings. The number of rotatable bonds is 6. The van der Waals surface area contributed by atoms with E-state index in [4.69, 9.17) is 9.79 Å². The van der Waals surface area contributed by atoms with E-state index in [0.29, 0.717) is 55.3 Å². The first-order valence-corrected chi connectivity index (χ1v) is 16.8. The van der Waals surface area contributed by atoms with Crippen LogP contribution in [0, 0.1) is 11.8 Å². The van der Waals surface area contributed by atoms with Crippen molar-refractivity contribution in [2.24, 2.45) is 11.8 Å². The Morgan fingerprint density at radius 2 is 1.79 bits per heavy atom. The fraction of sp³-hybridized carbons (Fsp3) is 0.571. The summed E-state index contributed by atoms with van der Waals surface area (Å²) in [5.74, 6) is -0.473. The highest BCUT2D eigenvalue weighted by Gasteiger charge is 2.52. The minimum absolute atomic E-state index is 0.0488. The molecule has 4 heterocycles. The summed E-state index contributed by atoms with van der Waals surface area (Å²) < 4.78 is 40.3. The molecule has 3 saturated heterocycles. The fourth-order valence-corrected chi connectivity index (χ4v) is 8.27. The third-order valence-electron chi connectivity index (χ3n) is 9.28. The molecule has 11 nitrogen and oxygen atoms in total. The van der Waals surface area contributed by atoms with Crippen LogP contribution >= 0.6 is 18.9 Å². The molecule has 6 atom stereocenters. The first-order chi connectivity index (χ1) is 20.2. The molecule has 4 N–H and O–H groups in total. The summed E-state index contributed by atoms with van der Waals surface area (Å²) in [6.07, 6.45) is 4.05.